The molecule has 0 amide bonds. The van der Waals surface area contributed by atoms with Crippen molar-refractivity contribution in [2.45, 2.75) is 17.7 Å². The van der Waals surface area contributed by atoms with Crippen LogP contribution in [-0.2, 0) is 6.42 Å². The lowest BCUT2D eigenvalue weighted by molar-refractivity contribution is 0.700. The van der Waals surface area contributed by atoms with E-state index in [1.807, 2.05) is 18.2 Å². The first kappa shape index (κ1) is 14.8. The molecule has 0 aliphatic carbocycles. The van der Waals surface area contributed by atoms with Crippen LogP contribution in [0.4, 0.5) is 14.3 Å². The van der Waals surface area contributed by atoms with E-state index in [0.29, 0.717) is 22.2 Å². The minimum absolute atomic E-state index is 0.512. The highest BCUT2D eigenvalue weighted by molar-refractivity contribution is 8.24. The first-order valence-corrected chi connectivity index (χ1v) is 7.24. The normalized spacial score (nSPS) is 10.9. The van der Waals surface area contributed by atoms with E-state index >= 15 is 0 Å². The summed E-state index contributed by atoms with van der Waals surface area (Å²) in [6.45, 7) is -2.42. The van der Waals surface area contributed by atoms with Gasteiger partial charge < -0.3 is 0 Å². The van der Waals surface area contributed by atoms with E-state index in [1.54, 1.807) is 30.5 Å². The van der Waals surface area contributed by atoms with Crippen LogP contribution in [0.2, 0.25) is 0 Å². The molecule has 0 saturated heterocycles. The van der Waals surface area contributed by atoms with Crippen molar-refractivity contribution in [1.29, 1.82) is 0 Å². The Morgan fingerprint density at radius 2 is 1.70 bits per heavy atom. The second-order valence-electron chi connectivity index (χ2n) is 4.18. The smallest absolute Gasteiger partial charge is 0.274 e. The minimum atomic E-state index is -2.42. The van der Waals surface area contributed by atoms with E-state index in [4.69, 9.17) is 0 Å². The zero-order valence-corrected chi connectivity index (χ0v) is 11.7. The van der Waals surface area contributed by atoms with Crippen molar-refractivity contribution in [3.8, 4) is 0 Å². The highest BCUT2D eigenvalue weighted by Gasteiger charge is 2.16. The predicted molar refractivity (Wildman–Crippen MR) is 83.2 cm³/mol. The van der Waals surface area contributed by atoms with Crippen LogP contribution >= 0.6 is 11.6 Å². The van der Waals surface area contributed by atoms with Crippen molar-refractivity contribution in [2.24, 2.45) is 4.99 Å². The zero-order valence-electron chi connectivity index (χ0n) is 10.9. The molecule has 5 heteroatoms. The molecular formula is C15H14BF2NS. The molecule has 0 bridgehead atoms. The Morgan fingerprint density at radius 1 is 1.00 bits per heavy atom. The van der Waals surface area contributed by atoms with Gasteiger partial charge in [0.1, 0.15) is 0 Å². The molecule has 0 aliphatic rings. The van der Waals surface area contributed by atoms with E-state index in [1.165, 1.54) is 5.56 Å². The summed E-state index contributed by atoms with van der Waals surface area (Å²) in [5, 5.41) is 0. The fraction of sp³-hybridized carbons (Fsp3) is 0.133. The molecule has 0 saturated carbocycles. The van der Waals surface area contributed by atoms with Crippen LogP contribution in [0.5, 0.6) is 0 Å². The van der Waals surface area contributed by atoms with Crippen molar-refractivity contribution in [1.82, 2.24) is 0 Å². The summed E-state index contributed by atoms with van der Waals surface area (Å²) >= 11 is 0.532. The lowest BCUT2D eigenvalue weighted by atomic mass is 10.1. The second kappa shape index (κ2) is 7.85. The van der Waals surface area contributed by atoms with Gasteiger partial charge in [0.05, 0.1) is 5.69 Å². The van der Waals surface area contributed by atoms with Gasteiger partial charge in [-0.3, -0.25) is 13.6 Å². The number of aliphatic imine (C=N–C) groups is 1. The first-order valence-electron chi connectivity index (χ1n) is 6.36. The van der Waals surface area contributed by atoms with Gasteiger partial charge >= 0.3 is 6.55 Å². The third kappa shape index (κ3) is 4.81. The van der Waals surface area contributed by atoms with E-state index in [0.717, 1.165) is 12.8 Å². The Morgan fingerprint density at radius 3 is 2.45 bits per heavy atom. The van der Waals surface area contributed by atoms with Crippen LogP contribution in [0.15, 0.2) is 64.5 Å². The summed E-state index contributed by atoms with van der Waals surface area (Å²) in [5.41, 5.74) is 1.85. The van der Waals surface area contributed by atoms with Gasteiger partial charge in [0.25, 0.3) is 0 Å². The lowest BCUT2D eigenvalue weighted by Crippen LogP contribution is -1.89. The number of para-hydroxylation sites is 1. The van der Waals surface area contributed by atoms with Crippen LogP contribution in [0.1, 0.15) is 12.0 Å². The van der Waals surface area contributed by atoms with Gasteiger partial charge in [-0.25, -0.2) is 0 Å². The molecule has 2 aromatic rings. The van der Waals surface area contributed by atoms with Crippen LogP contribution in [0, 0.1) is 0 Å². The molecule has 102 valence electrons. The van der Waals surface area contributed by atoms with Crippen LogP contribution in [0.25, 0.3) is 0 Å². The molecule has 2 aromatic carbocycles. The average molecular weight is 289 g/mol. The Kier molecular flexibility index (Phi) is 5.80. The van der Waals surface area contributed by atoms with Crippen molar-refractivity contribution >= 4 is 30.1 Å². The number of aryl methyl sites for hydroxylation is 1. The van der Waals surface area contributed by atoms with E-state index in [-0.39, 0.29) is 0 Å². The van der Waals surface area contributed by atoms with Gasteiger partial charge in [-0.2, -0.15) is 0 Å². The number of hydrogen-bond donors (Lipinski definition) is 0. The summed E-state index contributed by atoms with van der Waals surface area (Å²) < 4.78 is 24.8. The van der Waals surface area contributed by atoms with Crippen LogP contribution < -0.4 is 0 Å². The molecule has 0 unspecified atom stereocenters. The Hall–Kier alpha value is -1.62. The van der Waals surface area contributed by atoms with Crippen molar-refractivity contribution in [3.63, 3.8) is 0 Å². The zero-order chi connectivity index (χ0) is 14.2. The van der Waals surface area contributed by atoms with Gasteiger partial charge in [0, 0.05) is 11.1 Å². The molecule has 0 N–H and O–H groups in total. The fourth-order valence-electron chi connectivity index (χ4n) is 1.80. The molecule has 0 aliphatic heterocycles. The van der Waals surface area contributed by atoms with Crippen molar-refractivity contribution in [2.75, 3.05) is 0 Å². The summed E-state index contributed by atoms with van der Waals surface area (Å²) in [6.07, 6.45) is 3.48. The molecule has 0 heterocycles. The molecule has 1 nitrogen and oxygen atoms in total. The van der Waals surface area contributed by atoms with E-state index in [2.05, 4.69) is 17.1 Å². The minimum Gasteiger partial charge on any atom is -0.274 e. The summed E-state index contributed by atoms with van der Waals surface area (Å²) in [6, 6.07) is 17.1. The number of halogens is 2. The largest absolute Gasteiger partial charge is 0.614 e. The van der Waals surface area contributed by atoms with E-state index < -0.39 is 6.55 Å². The standard InChI is InChI=1S/C15H14BF2NS/c17-16(18)20-15-11-5-4-10-14(15)19-12-6-9-13-7-2-1-3-8-13/h1-5,7-8,10-12H,6,9H2. The molecular weight excluding hydrogens is 275 g/mol. The first-order chi connectivity index (χ1) is 9.75. The maximum atomic E-state index is 12.4. The van der Waals surface area contributed by atoms with Crippen molar-refractivity contribution in [3.05, 3.63) is 60.2 Å². The lowest BCUT2D eigenvalue weighted by Gasteiger charge is -2.02. The highest BCUT2D eigenvalue weighted by atomic mass is 32.2. The van der Waals surface area contributed by atoms with Gasteiger partial charge in [0.15, 0.2) is 0 Å². The molecule has 0 radical (unpaired) electrons. The number of benzene rings is 2. The Bertz CT molecular complexity index is 561. The van der Waals surface area contributed by atoms with Gasteiger partial charge in [0.2, 0.25) is 0 Å². The maximum Gasteiger partial charge on any atom is 0.614 e. The third-order valence-electron chi connectivity index (χ3n) is 2.72. The summed E-state index contributed by atoms with van der Waals surface area (Å²) in [5.74, 6) is 0. The molecule has 0 fully saturated rings. The Balaban J connectivity index is 1.94. The molecule has 0 aromatic heterocycles. The number of hydrogen-bond acceptors (Lipinski definition) is 2. The monoisotopic (exact) mass is 289 g/mol. The fourth-order valence-corrected chi connectivity index (χ4v) is 2.39. The molecule has 20 heavy (non-hydrogen) atoms. The van der Waals surface area contributed by atoms with Gasteiger partial charge in [-0.1, -0.05) is 54.1 Å². The summed E-state index contributed by atoms with van der Waals surface area (Å²) in [4.78, 5) is 4.81. The molecule has 0 atom stereocenters. The molecule has 0 spiro atoms. The van der Waals surface area contributed by atoms with Gasteiger partial charge in [-0.15, -0.1) is 0 Å². The van der Waals surface area contributed by atoms with Crippen LogP contribution in [-0.4, -0.2) is 12.8 Å². The molecule has 2 rings (SSSR count). The van der Waals surface area contributed by atoms with Crippen molar-refractivity contribution < 1.29 is 8.63 Å². The maximum absolute atomic E-state index is 12.4. The number of nitrogens with zero attached hydrogens (tertiary/aromatic N) is 1. The predicted octanol–water partition coefficient (Wildman–Crippen LogP) is 5.04. The van der Waals surface area contributed by atoms with Gasteiger partial charge in [-0.05, 0) is 30.5 Å². The highest BCUT2D eigenvalue weighted by Crippen LogP contribution is 2.31. The SMILES string of the molecule is FB(F)Sc1ccccc1N=CCCc1ccccc1. The van der Waals surface area contributed by atoms with Crippen LogP contribution in [0.3, 0.4) is 0 Å². The third-order valence-corrected chi connectivity index (χ3v) is 3.49. The summed E-state index contributed by atoms with van der Waals surface area (Å²) in [7, 11) is 0. The van der Waals surface area contributed by atoms with E-state index in [9.17, 15) is 8.63 Å². The Labute approximate surface area is 122 Å². The average Bonchev–Trinajstić information content (AvgIpc) is 2.46. The topological polar surface area (TPSA) is 12.4 Å². The second-order valence-corrected chi connectivity index (χ2v) is 5.21. The number of rotatable bonds is 6. The quantitative estimate of drug-likeness (QED) is 0.536.